The van der Waals surface area contributed by atoms with E-state index in [-0.39, 0.29) is 22.6 Å². The van der Waals surface area contributed by atoms with E-state index in [1.54, 1.807) is 27.9 Å². The van der Waals surface area contributed by atoms with Crippen LogP contribution >= 0.6 is 11.3 Å². The molecule has 1 unspecified atom stereocenters. The Labute approximate surface area is 168 Å². The molecule has 0 saturated carbocycles. The van der Waals surface area contributed by atoms with Crippen molar-refractivity contribution >= 4 is 27.9 Å². The average Bonchev–Trinajstić information content (AvgIpc) is 3.02. The molecule has 1 aromatic carbocycles. The summed E-state index contributed by atoms with van der Waals surface area (Å²) >= 11 is 1.60. The lowest BCUT2D eigenvalue weighted by atomic mass is 9.73. The monoisotopic (exact) mass is 395 g/mol. The second-order valence-corrected chi connectivity index (χ2v) is 9.75. The van der Waals surface area contributed by atoms with Crippen LogP contribution in [0, 0.1) is 18.3 Å². The number of carbonyl (C=O) groups is 1. The molecule has 0 radical (unpaired) electrons. The summed E-state index contributed by atoms with van der Waals surface area (Å²) in [5, 5.41) is 2.74. The lowest BCUT2D eigenvalue weighted by molar-refractivity contribution is 0.102. The van der Waals surface area contributed by atoms with E-state index in [4.69, 9.17) is 0 Å². The van der Waals surface area contributed by atoms with Crippen LogP contribution in [0.25, 0.3) is 4.96 Å². The Hall–Kier alpha value is -2.47. The number of nitrogens with one attached hydrogen (secondary N) is 1. The summed E-state index contributed by atoms with van der Waals surface area (Å²) in [6, 6.07) is 7.27. The lowest BCUT2D eigenvalue weighted by Crippen LogP contribution is -2.28. The molecule has 1 atom stereocenters. The van der Waals surface area contributed by atoms with E-state index in [2.05, 4.69) is 31.1 Å². The maximum absolute atomic E-state index is 13.1. The number of hydrogen-bond acceptors (Lipinski definition) is 4. The zero-order valence-electron chi connectivity index (χ0n) is 16.7. The zero-order valence-corrected chi connectivity index (χ0v) is 17.5. The number of rotatable bonds is 2. The van der Waals surface area contributed by atoms with Crippen LogP contribution < -0.4 is 10.9 Å². The van der Waals surface area contributed by atoms with Gasteiger partial charge in [0.05, 0.1) is 6.20 Å². The van der Waals surface area contributed by atoms with Crippen molar-refractivity contribution in [3.8, 4) is 0 Å². The summed E-state index contributed by atoms with van der Waals surface area (Å²) in [4.78, 5) is 32.0. The largest absolute Gasteiger partial charge is 0.316 e. The van der Waals surface area contributed by atoms with Crippen molar-refractivity contribution in [1.82, 2.24) is 9.38 Å². The highest BCUT2D eigenvalue weighted by Gasteiger charge is 2.31. The molecule has 0 aliphatic heterocycles. The van der Waals surface area contributed by atoms with Crippen LogP contribution in [0.2, 0.25) is 0 Å². The molecule has 2 aromatic heterocycles. The van der Waals surface area contributed by atoms with Crippen molar-refractivity contribution in [3.05, 3.63) is 62.5 Å². The highest BCUT2D eigenvalue weighted by molar-refractivity contribution is 7.17. The van der Waals surface area contributed by atoms with Gasteiger partial charge in [-0.05, 0) is 49.7 Å². The molecule has 3 aromatic rings. The van der Waals surface area contributed by atoms with Crippen molar-refractivity contribution in [3.63, 3.8) is 0 Å². The van der Waals surface area contributed by atoms with E-state index < -0.39 is 0 Å². The van der Waals surface area contributed by atoms with E-state index in [0.717, 1.165) is 30.5 Å². The van der Waals surface area contributed by atoms with Crippen molar-refractivity contribution < 1.29 is 4.79 Å². The maximum atomic E-state index is 13.1. The summed E-state index contributed by atoms with van der Waals surface area (Å²) in [5.74, 6) is 0.306. The van der Waals surface area contributed by atoms with E-state index >= 15 is 0 Å². The fourth-order valence-electron chi connectivity index (χ4n) is 3.82. The smallest absolute Gasteiger partial charge is 0.282 e. The van der Waals surface area contributed by atoms with Gasteiger partial charge in [-0.25, -0.2) is 4.98 Å². The molecule has 1 N–H and O–H groups in total. The third-order valence-electron chi connectivity index (χ3n) is 5.68. The Balaban J connectivity index is 1.67. The first kappa shape index (κ1) is 18.9. The fourth-order valence-corrected chi connectivity index (χ4v) is 5.02. The van der Waals surface area contributed by atoms with E-state index in [1.807, 2.05) is 19.1 Å². The number of aromatic nitrogens is 2. The number of hydrogen-bond donors (Lipinski definition) is 1. The number of anilines is 1. The number of nitrogens with zero attached hydrogens (tertiary/aromatic N) is 2. The number of amides is 1. The van der Waals surface area contributed by atoms with Gasteiger partial charge < -0.3 is 5.32 Å². The highest BCUT2D eigenvalue weighted by Crippen LogP contribution is 2.39. The van der Waals surface area contributed by atoms with E-state index in [0.29, 0.717) is 16.4 Å². The second kappa shape index (κ2) is 6.85. The molecule has 5 nitrogen and oxygen atoms in total. The van der Waals surface area contributed by atoms with Crippen molar-refractivity contribution in [2.24, 2.45) is 11.3 Å². The molecular weight excluding hydrogens is 370 g/mol. The zero-order chi connectivity index (χ0) is 20.1. The summed E-state index contributed by atoms with van der Waals surface area (Å²) in [6.07, 6.45) is 4.40. The topological polar surface area (TPSA) is 63.5 Å². The SMILES string of the molecule is Cc1ccc(C(=O)Nc2cnc3sc4c(n3c2=O)CCC(C(C)(C)C)C4)cc1. The molecule has 146 valence electrons. The molecule has 0 saturated heterocycles. The molecule has 0 spiro atoms. The van der Waals surface area contributed by atoms with Gasteiger partial charge in [0.1, 0.15) is 5.69 Å². The third-order valence-corrected chi connectivity index (χ3v) is 6.80. The first-order chi connectivity index (χ1) is 13.2. The molecule has 2 heterocycles. The summed E-state index contributed by atoms with van der Waals surface area (Å²) in [7, 11) is 0. The average molecular weight is 396 g/mol. The maximum Gasteiger partial charge on any atom is 0.282 e. The minimum atomic E-state index is -0.296. The van der Waals surface area contributed by atoms with E-state index in [1.165, 1.54) is 11.1 Å². The predicted octanol–water partition coefficient (Wildman–Crippen LogP) is 4.47. The van der Waals surface area contributed by atoms with Gasteiger partial charge in [-0.2, -0.15) is 0 Å². The first-order valence-corrected chi connectivity index (χ1v) is 10.5. The Morgan fingerprint density at radius 3 is 2.64 bits per heavy atom. The number of aryl methyl sites for hydroxylation is 2. The van der Waals surface area contributed by atoms with Crippen LogP contribution in [0.1, 0.15) is 53.7 Å². The summed E-state index contributed by atoms with van der Waals surface area (Å²) < 4.78 is 1.70. The minimum Gasteiger partial charge on any atom is -0.316 e. The van der Waals surface area contributed by atoms with Crippen LogP contribution in [0.4, 0.5) is 5.69 Å². The molecule has 0 bridgehead atoms. The van der Waals surface area contributed by atoms with Crippen LogP contribution in [0.15, 0.2) is 35.3 Å². The van der Waals surface area contributed by atoms with Crippen LogP contribution in [0.3, 0.4) is 0 Å². The molecule has 1 aliphatic carbocycles. The van der Waals surface area contributed by atoms with Crippen molar-refractivity contribution in [2.45, 2.75) is 47.0 Å². The standard InChI is InChI=1S/C22H25N3O2S/c1-13-5-7-14(8-6-13)19(26)24-16-12-23-21-25(20(16)27)17-10-9-15(22(2,3)4)11-18(17)28-21/h5-8,12,15H,9-11H2,1-4H3,(H,24,26). The number of thiazole rings is 1. The van der Waals surface area contributed by atoms with Crippen LogP contribution in [-0.2, 0) is 12.8 Å². The Morgan fingerprint density at radius 2 is 1.96 bits per heavy atom. The predicted molar refractivity (Wildman–Crippen MR) is 113 cm³/mol. The Morgan fingerprint density at radius 1 is 1.25 bits per heavy atom. The van der Waals surface area contributed by atoms with Gasteiger partial charge in [0, 0.05) is 16.1 Å². The fraction of sp³-hybridized carbons (Fsp3) is 0.409. The molecule has 1 aliphatic rings. The Bertz CT molecular complexity index is 1100. The molecule has 0 fully saturated rings. The number of carbonyl (C=O) groups excluding carboxylic acids is 1. The minimum absolute atomic E-state index is 0.197. The first-order valence-electron chi connectivity index (χ1n) is 9.64. The van der Waals surface area contributed by atoms with Gasteiger partial charge in [-0.15, -0.1) is 11.3 Å². The van der Waals surface area contributed by atoms with Crippen molar-refractivity contribution in [1.29, 1.82) is 0 Å². The summed E-state index contributed by atoms with van der Waals surface area (Å²) in [5.41, 5.74) is 2.94. The second-order valence-electron chi connectivity index (χ2n) is 8.69. The van der Waals surface area contributed by atoms with Gasteiger partial charge in [-0.1, -0.05) is 38.5 Å². The Kier molecular flexibility index (Phi) is 4.62. The molecule has 1 amide bonds. The molecule has 28 heavy (non-hydrogen) atoms. The van der Waals surface area contributed by atoms with Gasteiger partial charge >= 0.3 is 0 Å². The van der Waals surface area contributed by atoms with Gasteiger partial charge in [0.15, 0.2) is 4.96 Å². The van der Waals surface area contributed by atoms with Crippen LogP contribution in [0.5, 0.6) is 0 Å². The van der Waals surface area contributed by atoms with E-state index in [9.17, 15) is 9.59 Å². The highest BCUT2D eigenvalue weighted by atomic mass is 32.1. The number of fused-ring (bicyclic) bond motifs is 3. The van der Waals surface area contributed by atoms with Gasteiger partial charge in [-0.3, -0.25) is 14.0 Å². The van der Waals surface area contributed by atoms with Gasteiger partial charge in [0.25, 0.3) is 11.5 Å². The lowest BCUT2D eigenvalue weighted by Gasteiger charge is -2.33. The molecule has 6 heteroatoms. The van der Waals surface area contributed by atoms with Crippen molar-refractivity contribution in [2.75, 3.05) is 5.32 Å². The quantitative estimate of drug-likeness (QED) is 0.696. The molecule has 4 rings (SSSR count). The van der Waals surface area contributed by atoms with Gasteiger partial charge in [0.2, 0.25) is 0 Å². The number of benzene rings is 1. The third kappa shape index (κ3) is 3.37. The summed E-state index contributed by atoms with van der Waals surface area (Å²) in [6.45, 7) is 8.80. The normalized spacial score (nSPS) is 16.8. The molecular formula is C22H25N3O2S. The van der Waals surface area contributed by atoms with Crippen LogP contribution in [-0.4, -0.2) is 15.3 Å².